The van der Waals surface area contributed by atoms with Gasteiger partial charge in [-0.15, -0.1) is 0 Å². The summed E-state index contributed by atoms with van der Waals surface area (Å²) in [5, 5.41) is 0.188. The van der Waals surface area contributed by atoms with Crippen molar-refractivity contribution in [1.29, 1.82) is 0 Å². The lowest BCUT2D eigenvalue weighted by atomic mass is 9.52. The molecule has 0 N–H and O–H groups in total. The van der Waals surface area contributed by atoms with Gasteiger partial charge in [-0.3, -0.25) is 0 Å². The van der Waals surface area contributed by atoms with Crippen LogP contribution in [0.3, 0.4) is 0 Å². The Kier molecular flexibility index (Phi) is 3.03. The fourth-order valence-electron chi connectivity index (χ4n) is 2.41. The van der Waals surface area contributed by atoms with Gasteiger partial charge in [0.2, 0.25) is 0 Å². The van der Waals surface area contributed by atoms with Crippen LogP contribution in [0.4, 0.5) is 0 Å². The summed E-state index contributed by atoms with van der Waals surface area (Å²) in [6.45, 7) is 4.50. The SMILES string of the molecule is [B]C1(CC)CCCCC1CC. The summed E-state index contributed by atoms with van der Waals surface area (Å²) in [4.78, 5) is 0. The maximum absolute atomic E-state index is 6.31. The van der Waals surface area contributed by atoms with Crippen molar-refractivity contribution in [1.82, 2.24) is 0 Å². The summed E-state index contributed by atoms with van der Waals surface area (Å²) in [6, 6.07) is 0. The topological polar surface area (TPSA) is 0 Å². The first kappa shape index (κ1) is 9.16. The third kappa shape index (κ3) is 1.80. The van der Waals surface area contributed by atoms with Crippen molar-refractivity contribution in [2.24, 2.45) is 5.92 Å². The van der Waals surface area contributed by atoms with Crippen LogP contribution >= 0.6 is 0 Å². The van der Waals surface area contributed by atoms with Gasteiger partial charge in [-0.1, -0.05) is 57.7 Å². The molecule has 1 rings (SSSR count). The smallest absolute Gasteiger partial charge is 0.0656 e. The molecule has 1 saturated carbocycles. The lowest BCUT2D eigenvalue weighted by Gasteiger charge is -2.41. The average Bonchev–Trinajstić information content (AvgIpc) is 2.05. The second kappa shape index (κ2) is 3.64. The Morgan fingerprint density at radius 1 is 1.36 bits per heavy atom. The van der Waals surface area contributed by atoms with Gasteiger partial charge in [0.25, 0.3) is 0 Å². The monoisotopic (exact) mass is 150 g/mol. The van der Waals surface area contributed by atoms with Crippen LogP contribution in [0.25, 0.3) is 0 Å². The van der Waals surface area contributed by atoms with Crippen molar-refractivity contribution in [3.05, 3.63) is 0 Å². The molecule has 0 aliphatic heterocycles. The van der Waals surface area contributed by atoms with Crippen molar-refractivity contribution in [2.45, 2.75) is 57.7 Å². The van der Waals surface area contributed by atoms with Crippen molar-refractivity contribution in [3.63, 3.8) is 0 Å². The van der Waals surface area contributed by atoms with Crippen molar-refractivity contribution < 1.29 is 0 Å². The van der Waals surface area contributed by atoms with E-state index in [0.29, 0.717) is 0 Å². The Morgan fingerprint density at radius 2 is 2.09 bits per heavy atom. The molecule has 0 bridgehead atoms. The summed E-state index contributed by atoms with van der Waals surface area (Å²) >= 11 is 0. The van der Waals surface area contributed by atoms with E-state index in [-0.39, 0.29) is 5.31 Å². The zero-order valence-electron chi connectivity index (χ0n) is 7.90. The van der Waals surface area contributed by atoms with Crippen LogP contribution in [0.2, 0.25) is 5.31 Å². The van der Waals surface area contributed by atoms with E-state index in [2.05, 4.69) is 13.8 Å². The Morgan fingerprint density at radius 3 is 2.55 bits per heavy atom. The van der Waals surface area contributed by atoms with E-state index in [1.54, 1.807) is 0 Å². The normalized spacial score (nSPS) is 38.9. The first-order chi connectivity index (χ1) is 5.23. The van der Waals surface area contributed by atoms with Crippen molar-refractivity contribution >= 4 is 7.85 Å². The molecule has 1 heteroatoms. The first-order valence-corrected chi connectivity index (χ1v) is 5.02. The highest BCUT2D eigenvalue weighted by Gasteiger charge is 2.32. The third-order valence-electron chi connectivity index (χ3n) is 3.41. The van der Waals surface area contributed by atoms with Crippen molar-refractivity contribution in [2.75, 3.05) is 0 Å². The fraction of sp³-hybridized carbons (Fsp3) is 1.00. The highest BCUT2D eigenvalue weighted by Crippen LogP contribution is 2.48. The van der Waals surface area contributed by atoms with E-state index >= 15 is 0 Å². The van der Waals surface area contributed by atoms with Crippen LogP contribution in [0.5, 0.6) is 0 Å². The summed E-state index contributed by atoms with van der Waals surface area (Å²) < 4.78 is 0. The molecule has 1 fully saturated rings. The van der Waals surface area contributed by atoms with E-state index in [9.17, 15) is 0 Å². The van der Waals surface area contributed by atoms with E-state index in [1.165, 1.54) is 32.1 Å². The maximum Gasteiger partial charge on any atom is 0.0749 e. The summed E-state index contributed by atoms with van der Waals surface area (Å²) in [7, 11) is 6.31. The van der Waals surface area contributed by atoms with Crippen LogP contribution < -0.4 is 0 Å². The van der Waals surface area contributed by atoms with E-state index < -0.39 is 0 Å². The first-order valence-electron chi connectivity index (χ1n) is 5.02. The number of hydrogen-bond acceptors (Lipinski definition) is 0. The number of rotatable bonds is 2. The van der Waals surface area contributed by atoms with Gasteiger partial charge in [0, 0.05) is 0 Å². The molecular formula is C10H19B. The van der Waals surface area contributed by atoms with Gasteiger partial charge >= 0.3 is 0 Å². The zero-order chi connectivity index (χ0) is 8.32. The highest BCUT2D eigenvalue weighted by atomic mass is 14.3. The molecule has 2 radical (unpaired) electrons. The lowest BCUT2D eigenvalue weighted by molar-refractivity contribution is 0.243. The van der Waals surface area contributed by atoms with Gasteiger partial charge in [0.1, 0.15) is 0 Å². The average molecular weight is 150 g/mol. The Balaban J connectivity index is 2.57. The predicted octanol–water partition coefficient (Wildman–Crippen LogP) is 3.32. The summed E-state index contributed by atoms with van der Waals surface area (Å²) in [5.41, 5.74) is 0. The standard InChI is InChI=1S/C10H19B/c1-3-9-7-5-6-8-10(9,11)4-2/h9H,3-8H2,1-2H3. The zero-order valence-corrected chi connectivity index (χ0v) is 7.90. The Hall–Kier alpha value is 0.0649. The number of hydrogen-bond donors (Lipinski definition) is 0. The molecule has 2 unspecified atom stereocenters. The van der Waals surface area contributed by atoms with Crippen LogP contribution in [0.15, 0.2) is 0 Å². The van der Waals surface area contributed by atoms with E-state index in [4.69, 9.17) is 7.85 Å². The van der Waals surface area contributed by atoms with Crippen LogP contribution in [0, 0.1) is 5.92 Å². The minimum absolute atomic E-state index is 0.188. The molecule has 0 heterocycles. The second-order valence-electron chi connectivity index (χ2n) is 3.94. The lowest BCUT2D eigenvalue weighted by Crippen LogP contribution is -2.26. The van der Waals surface area contributed by atoms with E-state index in [0.717, 1.165) is 12.3 Å². The molecular weight excluding hydrogens is 131 g/mol. The Labute approximate surface area is 72.2 Å². The third-order valence-corrected chi connectivity index (χ3v) is 3.41. The molecule has 0 aromatic carbocycles. The molecule has 62 valence electrons. The molecule has 2 atom stereocenters. The minimum atomic E-state index is 0.188. The minimum Gasteiger partial charge on any atom is -0.0656 e. The van der Waals surface area contributed by atoms with Gasteiger partial charge in [0.05, 0.1) is 7.85 Å². The molecule has 11 heavy (non-hydrogen) atoms. The van der Waals surface area contributed by atoms with Gasteiger partial charge in [-0.2, -0.15) is 0 Å². The molecule has 0 spiro atoms. The maximum atomic E-state index is 6.31. The molecule has 1 aliphatic rings. The molecule has 0 aromatic rings. The highest BCUT2D eigenvalue weighted by molar-refractivity contribution is 6.15. The van der Waals surface area contributed by atoms with Gasteiger partial charge in [-0.25, -0.2) is 0 Å². The van der Waals surface area contributed by atoms with Crippen LogP contribution in [-0.4, -0.2) is 7.85 Å². The Bertz CT molecular complexity index is 122. The molecule has 1 aliphatic carbocycles. The molecule has 0 amide bonds. The summed E-state index contributed by atoms with van der Waals surface area (Å²) in [6.07, 6.45) is 7.79. The largest absolute Gasteiger partial charge is 0.0749 e. The van der Waals surface area contributed by atoms with Gasteiger partial charge in [0.15, 0.2) is 0 Å². The van der Waals surface area contributed by atoms with Gasteiger partial charge < -0.3 is 0 Å². The second-order valence-corrected chi connectivity index (χ2v) is 3.94. The molecule has 0 aromatic heterocycles. The van der Waals surface area contributed by atoms with Crippen LogP contribution in [-0.2, 0) is 0 Å². The van der Waals surface area contributed by atoms with Gasteiger partial charge in [-0.05, 0) is 5.92 Å². The quantitative estimate of drug-likeness (QED) is 0.529. The fourth-order valence-corrected chi connectivity index (χ4v) is 2.41. The molecule has 0 nitrogen and oxygen atoms in total. The molecule has 0 saturated heterocycles. The van der Waals surface area contributed by atoms with E-state index in [1.807, 2.05) is 0 Å². The van der Waals surface area contributed by atoms with Crippen molar-refractivity contribution in [3.8, 4) is 0 Å². The van der Waals surface area contributed by atoms with Crippen LogP contribution in [0.1, 0.15) is 52.4 Å². The summed E-state index contributed by atoms with van der Waals surface area (Å²) in [5.74, 6) is 0.793. The predicted molar refractivity (Wildman–Crippen MR) is 51.0 cm³/mol.